The van der Waals surface area contributed by atoms with Gasteiger partial charge in [-0.1, -0.05) is 0 Å². The number of carbonyl (C=O) groups excluding carboxylic acids is 1. The van der Waals surface area contributed by atoms with E-state index in [4.69, 9.17) is 10.2 Å². The monoisotopic (exact) mass is 206 g/mol. The predicted octanol–water partition coefficient (Wildman–Crippen LogP) is 0.745. The molecule has 1 saturated heterocycles. The maximum atomic E-state index is 11.7. The zero-order valence-electron chi connectivity index (χ0n) is 8.69. The van der Waals surface area contributed by atoms with Gasteiger partial charge in [0.25, 0.3) is 0 Å². The first kappa shape index (κ1) is 8.97. The van der Waals surface area contributed by atoms with Crippen molar-refractivity contribution >= 4 is 5.91 Å². The number of nitrogens with two attached hydrogens (primary N) is 1. The van der Waals surface area contributed by atoms with E-state index < -0.39 is 0 Å². The van der Waals surface area contributed by atoms with E-state index in [1.54, 1.807) is 0 Å². The molecule has 0 aliphatic carbocycles. The van der Waals surface area contributed by atoms with Gasteiger partial charge in [0.2, 0.25) is 5.91 Å². The Labute approximate surface area is 88.0 Å². The highest BCUT2D eigenvalue weighted by atomic mass is 16.3. The minimum absolute atomic E-state index is 0.0544. The first-order chi connectivity index (χ1) is 7.16. The summed E-state index contributed by atoms with van der Waals surface area (Å²) in [7, 11) is 0. The number of aryl methyl sites for hydroxylation is 1. The van der Waals surface area contributed by atoms with Crippen LogP contribution in [0.1, 0.15) is 29.5 Å². The molecule has 3 rings (SSSR count). The molecule has 80 valence electrons. The Morgan fingerprint density at radius 3 is 3.20 bits per heavy atom. The Morgan fingerprint density at radius 1 is 1.60 bits per heavy atom. The van der Waals surface area contributed by atoms with Crippen LogP contribution in [0.3, 0.4) is 0 Å². The largest absolute Gasteiger partial charge is 0.466 e. The standard InChI is InChI=1S/C11H14N2O2/c1-6-4-7-9(15-6)2-3-13-10(14)5-8(12)11(7)13/h4,8,11H,2-3,5,12H2,1H3. The summed E-state index contributed by atoms with van der Waals surface area (Å²) in [6, 6.07) is 2.00. The van der Waals surface area contributed by atoms with Crippen LogP contribution in [0.15, 0.2) is 10.5 Å². The molecule has 2 aliphatic heterocycles. The molecule has 2 aliphatic rings. The van der Waals surface area contributed by atoms with Gasteiger partial charge >= 0.3 is 0 Å². The normalized spacial score (nSPS) is 29.2. The smallest absolute Gasteiger partial charge is 0.224 e. The Kier molecular flexibility index (Phi) is 1.71. The van der Waals surface area contributed by atoms with Crippen molar-refractivity contribution in [1.29, 1.82) is 0 Å². The van der Waals surface area contributed by atoms with Crippen LogP contribution in [0.25, 0.3) is 0 Å². The molecule has 0 spiro atoms. The summed E-state index contributed by atoms with van der Waals surface area (Å²) in [5.41, 5.74) is 7.12. The second-order valence-corrected chi connectivity index (χ2v) is 4.39. The summed E-state index contributed by atoms with van der Waals surface area (Å²) in [5, 5.41) is 0. The fraction of sp³-hybridized carbons (Fsp3) is 0.545. The Balaban J connectivity index is 2.08. The van der Waals surface area contributed by atoms with Gasteiger partial charge in [-0.05, 0) is 13.0 Å². The molecule has 3 heterocycles. The molecule has 1 aromatic rings. The fourth-order valence-electron chi connectivity index (χ4n) is 2.73. The molecule has 2 atom stereocenters. The highest BCUT2D eigenvalue weighted by Crippen LogP contribution is 2.38. The van der Waals surface area contributed by atoms with Gasteiger partial charge in [-0.2, -0.15) is 0 Å². The van der Waals surface area contributed by atoms with Crippen molar-refractivity contribution < 1.29 is 9.21 Å². The van der Waals surface area contributed by atoms with Gasteiger partial charge < -0.3 is 15.1 Å². The van der Waals surface area contributed by atoms with E-state index in [2.05, 4.69) is 0 Å². The van der Waals surface area contributed by atoms with Crippen molar-refractivity contribution in [2.24, 2.45) is 5.73 Å². The van der Waals surface area contributed by atoms with Crippen LogP contribution in [0, 0.1) is 6.92 Å². The lowest BCUT2D eigenvalue weighted by atomic mass is 9.97. The zero-order valence-corrected chi connectivity index (χ0v) is 8.69. The van der Waals surface area contributed by atoms with Gasteiger partial charge in [0.05, 0.1) is 6.04 Å². The molecule has 4 nitrogen and oxygen atoms in total. The highest BCUT2D eigenvalue weighted by molar-refractivity contribution is 5.80. The lowest BCUT2D eigenvalue weighted by molar-refractivity contribution is -0.129. The quantitative estimate of drug-likeness (QED) is 0.681. The van der Waals surface area contributed by atoms with Crippen LogP contribution in [0.2, 0.25) is 0 Å². The molecule has 0 radical (unpaired) electrons. The third-order valence-electron chi connectivity index (χ3n) is 3.34. The van der Waals surface area contributed by atoms with E-state index in [9.17, 15) is 4.79 Å². The molecular formula is C11H14N2O2. The molecule has 2 unspecified atom stereocenters. The second kappa shape index (κ2) is 2.85. The Hall–Kier alpha value is -1.29. The van der Waals surface area contributed by atoms with Crippen LogP contribution < -0.4 is 5.73 Å². The van der Waals surface area contributed by atoms with Crippen molar-refractivity contribution in [3.05, 3.63) is 23.2 Å². The number of nitrogens with zero attached hydrogens (tertiary/aromatic N) is 1. The van der Waals surface area contributed by atoms with Gasteiger partial charge in [0, 0.05) is 31.0 Å². The maximum Gasteiger partial charge on any atom is 0.224 e. The molecule has 1 aromatic heterocycles. The number of amides is 1. The van der Waals surface area contributed by atoms with Crippen LogP contribution in [-0.2, 0) is 11.2 Å². The third kappa shape index (κ3) is 1.14. The van der Waals surface area contributed by atoms with E-state index in [-0.39, 0.29) is 18.0 Å². The zero-order chi connectivity index (χ0) is 10.6. The van der Waals surface area contributed by atoms with Crippen molar-refractivity contribution in [2.75, 3.05) is 6.54 Å². The Morgan fingerprint density at radius 2 is 2.40 bits per heavy atom. The predicted molar refractivity (Wildman–Crippen MR) is 54.2 cm³/mol. The van der Waals surface area contributed by atoms with Gasteiger partial charge in [-0.15, -0.1) is 0 Å². The van der Waals surface area contributed by atoms with Crippen molar-refractivity contribution in [1.82, 2.24) is 4.90 Å². The Bertz CT molecular complexity index is 424. The van der Waals surface area contributed by atoms with Crippen molar-refractivity contribution in [3.63, 3.8) is 0 Å². The lowest BCUT2D eigenvalue weighted by Crippen LogP contribution is -2.37. The minimum atomic E-state index is -0.0754. The van der Waals surface area contributed by atoms with Gasteiger partial charge in [0.15, 0.2) is 0 Å². The third-order valence-corrected chi connectivity index (χ3v) is 3.34. The van der Waals surface area contributed by atoms with Gasteiger partial charge in [-0.25, -0.2) is 0 Å². The van der Waals surface area contributed by atoms with E-state index >= 15 is 0 Å². The molecule has 0 saturated carbocycles. The van der Waals surface area contributed by atoms with E-state index in [0.29, 0.717) is 6.42 Å². The summed E-state index contributed by atoms with van der Waals surface area (Å²) in [6.07, 6.45) is 1.28. The number of hydrogen-bond acceptors (Lipinski definition) is 3. The van der Waals surface area contributed by atoms with E-state index in [0.717, 1.165) is 30.0 Å². The van der Waals surface area contributed by atoms with E-state index in [1.165, 1.54) is 0 Å². The molecular weight excluding hydrogens is 192 g/mol. The molecule has 0 bridgehead atoms. The minimum Gasteiger partial charge on any atom is -0.466 e. The molecule has 2 N–H and O–H groups in total. The first-order valence-corrected chi connectivity index (χ1v) is 5.31. The van der Waals surface area contributed by atoms with Crippen LogP contribution >= 0.6 is 0 Å². The first-order valence-electron chi connectivity index (χ1n) is 5.31. The second-order valence-electron chi connectivity index (χ2n) is 4.39. The number of hydrogen-bond donors (Lipinski definition) is 1. The molecule has 0 aromatic carbocycles. The molecule has 1 fully saturated rings. The van der Waals surface area contributed by atoms with Gasteiger partial charge in [0.1, 0.15) is 11.5 Å². The highest BCUT2D eigenvalue weighted by Gasteiger charge is 2.42. The van der Waals surface area contributed by atoms with E-state index in [1.807, 2.05) is 17.9 Å². The average Bonchev–Trinajstić information content (AvgIpc) is 2.66. The van der Waals surface area contributed by atoms with Gasteiger partial charge in [-0.3, -0.25) is 4.79 Å². The number of carbonyl (C=O) groups is 1. The summed E-state index contributed by atoms with van der Waals surface area (Å²) in [5.74, 6) is 2.10. The number of fused-ring (bicyclic) bond motifs is 3. The fourth-order valence-corrected chi connectivity index (χ4v) is 2.73. The number of furan rings is 1. The van der Waals surface area contributed by atoms with Crippen molar-refractivity contribution in [2.45, 2.75) is 31.8 Å². The van der Waals surface area contributed by atoms with Crippen LogP contribution in [0.5, 0.6) is 0 Å². The van der Waals surface area contributed by atoms with Crippen LogP contribution in [-0.4, -0.2) is 23.4 Å². The lowest BCUT2D eigenvalue weighted by Gasteiger charge is -2.30. The number of rotatable bonds is 0. The SMILES string of the molecule is Cc1cc2c(o1)CCN1C(=O)CC(N)C21. The maximum absolute atomic E-state index is 11.7. The molecule has 1 amide bonds. The average molecular weight is 206 g/mol. The molecule has 4 heteroatoms. The molecule has 15 heavy (non-hydrogen) atoms. The topological polar surface area (TPSA) is 59.5 Å². The van der Waals surface area contributed by atoms with Crippen LogP contribution in [0.4, 0.5) is 0 Å². The summed E-state index contributed by atoms with van der Waals surface area (Å²) >= 11 is 0. The van der Waals surface area contributed by atoms with Crippen molar-refractivity contribution in [3.8, 4) is 0 Å². The summed E-state index contributed by atoms with van der Waals surface area (Å²) < 4.78 is 5.60. The summed E-state index contributed by atoms with van der Waals surface area (Å²) in [4.78, 5) is 13.5. The summed E-state index contributed by atoms with van der Waals surface area (Å²) in [6.45, 7) is 2.68.